The predicted molar refractivity (Wildman–Crippen MR) is 133 cm³/mol. The summed E-state index contributed by atoms with van der Waals surface area (Å²) in [6.07, 6.45) is 3.94. The van der Waals surface area contributed by atoms with E-state index in [1.807, 2.05) is 54.0 Å². The second kappa shape index (κ2) is 9.49. The highest BCUT2D eigenvalue weighted by molar-refractivity contribution is 6.05. The SMILES string of the molecule is Cc1cccn2cc(COc3cccc(C(=O)Nc4c(C(C)C)cccc4C(C)C)c3)nc12. The molecule has 0 saturated heterocycles. The molecule has 2 heterocycles. The summed E-state index contributed by atoms with van der Waals surface area (Å²) in [7, 11) is 0. The summed E-state index contributed by atoms with van der Waals surface area (Å²) in [5.74, 6) is 1.11. The van der Waals surface area contributed by atoms with Crippen molar-refractivity contribution in [2.75, 3.05) is 5.32 Å². The molecule has 0 spiro atoms. The maximum Gasteiger partial charge on any atom is 0.255 e. The summed E-state index contributed by atoms with van der Waals surface area (Å²) >= 11 is 0. The number of imidazole rings is 1. The number of amides is 1. The second-order valence-corrected chi connectivity index (χ2v) is 9.05. The van der Waals surface area contributed by atoms with Crippen LogP contribution >= 0.6 is 0 Å². The summed E-state index contributed by atoms with van der Waals surface area (Å²) in [4.78, 5) is 17.8. The highest BCUT2D eigenvalue weighted by Crippen LogP contribution is 2.33. The lowest BCUT2D eigenvalue weighted by atomic mass is 9.92. The van der Waals surface area contributed by atoms with Crippen molar-refractivity contribution < 1.29 is 9.53 Å². The second-order valence-electron chi connectivity index (χ2n) is 9.05. The molecule has 1 amide bonds. The molecule has 0 saturated carbocycles. The third-order valence-corrected chi connectivity index (χ3v) is 5.82. The fraction of sp³-hybridized carbons (Fsp3) is 0.286. The van der Waals surface area contributed by atoms with E-state index < -0.39 is 0 Å². The first-order valence-electron chi connectivity index (χ1n) is 11.4. The molecule has 170 valence electrons. The zero-order valence-corrected chi connectivity index (χ0v) is 19.9. The summed E-state index contributed by atoms with van der Waals surface area (Å²) < 4.78 is 7.97. The van der Waals surface area contributed by atoms with Crippen molar-refractivity contribution in [3.63, 3.8) is 0 Å². The number of ether oxygens (including phenoxy) is 1. The Morgan fingerprint density at radius 2 is 1.70 bits per heavy atom. The first-order chi connectivity index (χ1) is 15.8. The van der Waals surface area contributed by atoms with E-state index in [4.69, 9.17) is 4.74 Å². The smallest absolute Gasteiger partial charge is 0.255 e. The van der Waals surface area contributed by atoms with Gasteiger partial charge in [0.15, 0.2) is 0 Å². The molecule has 0 fully saturated rings. The Hall–Kier alpha value is -3.60. The standard InChI is InChI=1S/C28H31N3O2/c1-18(2)24-12-7-13-25(19(3)4)26(24)30-28(32)21-10-6-11-23(15-21)33-17-22-16-31-14-8-9-20(5)27(31)29-22/h6-16,18-19H,17H2,1-5H3,(H,30,32). The van der Waals surface area contributed by atoms with Gasteiger partial charge in [0.2, 0.25) is 0 Å². The number of rotatable bonds is 7. The van der Waals surface area contributed by atoms with Gasteiger partial charge in [-0.05, 0) is 59.7 Å². The number of pyridine rings is 1. The molecule has 0 aliphatic rings. The van der Waals surface area contributed by atoms with E-state index in [1.54, 1.807) is 6.07 Å². The van der Waals surface area contributed by atoms with Gasteiger partial charge < -0.3 is 14.5 Å². The van der Waals surface area contributed by atoms with Gasteiger partial charge >= 0.3 is 0 Å². The van der Waals surface area contributed by atoms with Crippen molar-refractivity contribution in [1.29, 1.82) is 0 Å². The Balaban J connectivity index is 1.52. The molecule has 0 bridgehead atoms. The molecule has 4 rings (SSSR count). The number of hydrogen-bond acceptors (Lipinski definition) is 3. The van der Waals surface area contributed by atoms with Gasteiger partial charge in [-0.2, -0.15) is 0 Å². The number of nitrogens with zero attached hydrogens (tertiary/aromatic N) is 2. The van der Waals surface area contributed by atoms with Crippen molar-refractivity contribution >= 4 is 17.2 Å². The van der Waals surface area contributed by atoms with E-state index >= 15 is 0 Å². The van der Waals surface area contributed by atoms with Crippen LogP contribution in [0.15, 0.2) is 67.0 Å². The number of fused-ring (bicyclic) bond motifs is 1. The number of aryl methyl sites for hydroxylation is 1. The van der Waals surface area contributed by atoms with Crippen LogP contribution in [0.3, 0.4) is 0 Å². The Labute approximate surface area is 195 Å². The topological polar surface area (TPSA) is 55.6 Å². The van der Waals surface area contributed by atoms with Gasteiger partial charge in [-0.15, -0.1) is 0 Å². The summed E-state index contributed by atoms with van der Waals surface area (Å²) in [5.41, 5.74) is 6.64. The Morgan fingerprint density at radius 3 is 2.36 bits per heavy atom. The fourth-order valence-electron chi connectivity index (χ4n) is 4.04. The Morgan fingerprint density at radius 1 is 1.00 bits per heavy atom. The van der Waals surface area contributed by atoms with Gasteiger partial charge in [0.05, 0.1) is 5.69 Å². The highest BCUT2D eigenvalue weighted by Gasteiger charge is 2.17. The van der Waals surface area contributed by atoms with E-state index in [9.17, 15) is 4.79 Å². The monoisotopic (exact) mass is 441 g/mol. The van der Waals surface area contributed by atoms with Gasteiger partial charge in [0.1, 0.15) is 18.0 Å². The lowest BCUT2D eigenvalue weighted by molar-refractivity contribution is 0.102. The van der Waals surface area contributed by atoms with E-state index in [1.165, 1.54) is 0 Å². The number of para-hydroxylation sites is 1. The molecule has 0 aliphatic heterocycles. The van der Waals surface area contributed by atoms with Crippen LogP contribution < -0.4 is 10.1 Å². The molecule has 5 heteroatoms. The summed E-state index contributed by atoms with van der Waals surface area (Å²) in [5, 5.41) is 3.17. The first kappa shape index (κ1) is 22.6. The minimum absolute atomic E-state index is 0.140. The van der Waals surface area contributed by atoms with Crippen LogP contribution in [0.25, 0.3) is 5.65 Å². The third kappa shape index (κ3) is 4.92. The molecule has 5 nitrogen and oxygen atoms in total. The lowest BCUT2D eigenvalue weighted by Crippen LogP contribution is -2.16. The van der Waals surface area contributed by atoms with Crippen LogP contribution in [-0.4, -0.2) is 15.3 Å². The van der Waals surface area contributed by atoms with E-state index in [0.29, 0.717) is 29.8 Å². The van der Waals surface area contributed by atoms with Crippen molar-refractivity contribution in [2.45, 2.75) is 53.1 Å². The molecular formula is C28H31N3O2. The van der Waals surface area contributed by atoms with Crippen LogP contribution in [0.1, 0.15) is 72.3 Å². The Bertz CT molecular complexity index is 1260. The van der Waals surface area contributed by atoms with Gasteiger partial charge in [-0.1, -0.05) is 58.0 Å². The number of carbonyl (C=O) groups is 1. The first-order valence-corrected chi connectivity index (χ1v) is 11.4. The van der Waals surface area contributed by atoms with Crippen LogP contribution in [0.2, 0.25) is 0 Å². The van der Waals surface area contributed by atoms with Gasteiger partial charge in [-0.3, -0.25) is 4.79 Å². The largest absolute Gasteiger partial charge is 0.487 e. The average molecular weight is 442 g/mol. The zero-order chi connectivity index (χ0) is 23.5. The molecule has 0 unspecified atom stereocenters. The Kier molecular flexibility index (Phi) is 6.50. The molecule has 0 atom stereocenters. The van der Waals surface area contributed by atoms with Gasteiger partial charge in [0.25, 0.3) is 5.91 Å². The van der Waals surface area contributed by atoms with Crippen molar-refractivity contribution in [2.24, 2.45) is 0 Å². The fourth-order valence-corrected chi connectivity index (χ4v) is 4.04. The summed E-state index contributed by atoms with van der Waals surface area (Å²) in [6.45, 7) is 10.9. The number of anilines is 1. The number of aromatic nitrogens is 2. The molecule has 2 aromatic heterocycles. The maximum absolute atomic E-state index is 13.2. The zero-order valence-electron chi connectivity index (χ0n) is 19.9. The number of carbonyl (C=O) groups excluding carboxylic acids is 1. The third-order valence-electron chi connectivity index (χ3n) is 5.82. The minimum atomic E-state index is -0.140. The predicted octanol–water partition coefficient (Wildman–Crippen LogP) is 6.72. The molecule has 2 aromatic carbocycles. The van der Waals surface area contributed by atoms with Crippen LogP contribution in [0, 0.1) is 6.92 Å². The molecule has 0 radical (unpaired) electrons. The number of nitrogens with one attached hydrogen (secondary N) is 1. The van der Waals surface area contributed by atoms with Gasteiger partial charge in [0, 0.05) is 23.6 Å². The van der Waals surface area contributed by atoms with Crippen molar-refractivity contribution in [1.82, 2.24) is 9.38 Å². The van der Waals surface area contributed by atoms with Crippen molar-refractivity contribution in [3.8, 4) is 5.75 Å². The normalized spacial score (nSPS) is 11.4. The van der Waals surface area contributed by atoms with E-state index in [2.05, 4.69) is 56.2 Å². The van der Waals surface area contributed by atoms with Crippen LogP contribution in [0.4, 0.5) is 5.69 Å². The molecule has 1 N–H and O–H groups in total. The van der Waals surface area contributed by atoms with E-state index in [0.717, 1.165) is 33.7 Å². The minimum Gasteiger partial charge on any atom is -0.487 e. The van der Waals surface area contributed by atoms with Gasteiger partial charge in [-0.25, -0.2) is 4.98 Å². The van der Waals surface area contributed by atoms with E-state index in [-0.39, 0.29) is 5.91 Å². The van der Waals surface area contributed by atoms with Crippen molar-refractivity contribution in [3.05, 3.63) is 94.9 Å². The average Bonchev–Trinajstić information content (AvgIpc) is 3.22. The molecule has 33 heavy (non-hydrogen) atoms. The molecule has 0 aliphatic carbocycles. The number of benzene rings is 2. The quantitative estimate of drug-likeness (QED) is 0.346. The molecule has 4 aromatic rings. The number of hydrogen-bond donors (Lipinski definition) is 1. The lowest BCUT2D eigenvalue weighted by Gasteiger charge is -2.20. The summed E-state index contributed by atoms with van der Waals surface area (Å²) in [6, 6.07) is 17.6. The van der Waals surface area contributed by atoms with Crippen LogP contribution in [-0.2, 0) is 6.61 Å². The maximum atomic E-state index is 13.2. The molecular weight excluding hydrogens is 410 g/mol. The highest BCUT2D eigenvalue weighted by atomic mass is 16.5. The van der Waals surface area contributed by atoms with Crippen LogP contribution in [0.5, 0.6) is 5.75 Å².